The minimum Gasteiger partial charge on any atom is -0.377 e. The summed E-state index contributed by atoms with van der Waals surface area (Å²) in [6.45, 7) is 2.27. The van der Waals surface area contributed by atoms with Crippen LogP contribution in [0, 0.1) is 41.4 Å². The number of allylic oxidation sites excluding steroid dienone is 1. The first-order chi connectivity index (χ1) is 10.5. The highest BCUT2D eigenvalue weighted by atomic mass is 16.3. The summed E-state index contributed by atoms with van der Waals surface area (Å²) in [5, 5.41) is 10.9. The summed E-state index contributed by atoms with van der Waals surface area (Å²) in [5.74, 6) is 5.72. The van der Waals surface area contributed by atoms with E-state index in [1.54, 1.807) is 5.57 Å². The van der Waals surface area contributed by atoms with Crippen molar-refractivity contribution in [2.45, 2.75) is 69.9 Å². The maximum atomic E-state index is 10.9. The van der Waals surface area contributed by atoms with Crippen LogP contribution >= 0.6 is 0 Å². The maximum Gasteiger partial charge on any atom is 0.130 e. The first-order valence-corrected chi connectivity index (χ1v) is 9.15. The molecule has 0 spiro atoms. The zero-order valence-corrected chi connectivity index (χ0v) is 13.7. The van der Waals surface area contributed by atoms with Crippen molar-refractivity contribution < 1.29 is 5.11 Å². The van der Waals surface area contributed by atoms with E-state index in [-0.39, 0.29) is 11.5 Å². The zero-order chi connectivity index (χ0) is 15.5. The number of hydrogen-bond donors (Lipinski definition) is 2. The molecular weight excluding hydrogens is 270 g/mol. The van der Waals surface area contributed by atoms with Crippen molar-refractivity contribution in [1.82, 2.24) is 0 Å². The topological polar surface area (TPSA) is 46.2 Å². The molecule has 0 heterocycles. The van der Waals surface area contributed by atoms with Gasteiger partial charge >= 0.3 is 0 Å². The van der Waals surface area contributed by atoms with E-state index in [9.17, 15) is 5.11 Å². The molecule has 2 nitrogen and oxygen atoms in total. The fourth-order valence-corrected chi connectivity index (χ4v) is 6.62. The molecular formula is C20H29NO. The van der Waals surface area contributed by atoms with Gasteiger partial charge in [-0.05, 0) is 75.0 Å². The Labute approximate surface area is 134 Å². The van der Waals surface area contributed by atoms with E-state index in [1.807, 2.05) is 0 Å². The highest BCUT2D eigenvalue weighted by Crippen LogP contribution is 2.64. The summed E-state index contributed by atoms with van der Waals surface area (Å²) in [6, 6.07) is 0.287. The average molecular weight is 299 g/mol. The van der Waals surface area contributed by atoms with Crippen LogP contribution in [0.3, 0.4) is 0 Å². The van der Waals surface area contributed by atoms with Crippen LogP contribution in [0.15, 0.2) is 11.6 Å². The monoisotopic (exact) mass is 299 g/mol. The number of aliphatic hydroxyl groups is 1. The summed E-state index contributed by atoms with van der Waals surface area (Å²) in [6.07, 6.45) is 17.3. The van der Waals surface area contributed by atoms with Gasteiger partial charge in [0.2, 0.25) is 0 Å². The van der Waals surface area contributed by atoms with Gasteiger partial charge < -0.3 is 10.8 Å². The third-order valence-corrected chi connectivity index (χ3v) is 7.88. The van der Waals surface area contributed by atoms with Crippen molar-refractivity contribution in [2.24, 2.45) is 34.8 Å². The van der Waals surface area contributed by atoms with Gasteiger partial charge in [-0.2, -0.15) is 0 Å². The number of fused-ring (bicyclic) bond motifs is 5. The van der Waals surface area contributed by atoms with Gasteiger partial charge in [-0.25, -0.2) is 0 Å². The lowest BCUT2D eigenvalue weighted by molar-refractivity contribution is -0.0858. The molecule has 22 heavy (non-hydrogen) atoms. The highest BCUT2D eigenvalue weighted by molar-refractivity contribution is 5.25. The molecule has 0 aromatic rings. The van der Waals surface area contributed by atoms with E-state index in [0.29, 0.717) is 5.92 Å². The number of nitrogens with two attached hydrogens (primary N) is 1. The standard InChI is InChI=1S/C20H29NO/c1-3-20(22)11-9-18-17-6-4-13-12-14(21)5-7-15(13)16(17)8-10-19(18,20)2/h1,12,14-18,22H,4-11,21H2,2H3/t14?,15?,16?,17?,18?,19-,20-/m0/s1. The fourth-order valence-electron chi connectivity index (χ4n) is 6.62. The van der Waals surface area contributed by atoms with Crippen molar-refractivity contribution >= 4 is 0 Å². The van der Waals surface area contributed by atoms with E-state index in [0.717, 1.165) is 43.4 Å². The number of terminal acetylenes is 1. The van der Waals surface area contributed by atoms with Gasteiger partial charge in [0, 0.05) is 11.5 Å². The smallest absolute Gasteiger partial charge is 0.130 e. The van der Waals surface area contributed by atoms with Crippen LogP contribution in [0.4, 0.5) is 0 Å². The van der Waals surface area contributed by atoms with Gasteiger partial charge in [0.05, 0.1) is 0 Å². The van der Waals surface area contributed by atoms with Crippen LogP contribution in [0.25, 0.3) is 0 Å². The molecule has 120 valence electrons. The summed E-state index contributed by atoms with van der Waals surface area (Å²) in [4.78, 5) is 0. The first-order valence-electron chi connectivity index (χ1n) is 9.15. The zero-order valence-electron chi connectivity index (χ0n) is 13.7. The van der Waals surface area contributed by atoms with E-state index in [1.165, 1.54) is 25.7 Å². The molecule has 7 atom stereocenters. The average Bonchev–Trinajstić information content (AvgIpc) is 2.79. The minimum absolute atomic E-state index is 0.0603. The molecule has 3 fully saturated rings. The Morgan fingerprint density at radius 1 is 1.18 bits per heavy atom. The molecule has 4 aliphatic carbocycles. The Morgan fingerprint density at radius 3 is 2.77 bits per heavy atom. The largest absolute Gasteiger partial charge is 0.377 e. The Hall–Kier alpha value is -0.780. The van der Waals surface area contributed by atoms with Crippen LogP contribution in [0.1, 0.15) is 58.3 Å². The van der Waals surface area contributed by atoms with Crippen molar-refractivity contribution in [3.05, 3.63) is 11.6 Å². The molecule has 0 aromatic heterocycles. The van der Waals surface area contributed by atoms with Crippen molar-refractivity contribution in [2.75, 3.05) is 0 Å². The molecule has 5 unspecified atom stereocenters. The van der Waals surface area contributed by atoms with Gasteiger partial charge in [-0.1, -0.05) is 24.5 Å². The third-order valence-electron chi connectivity index (χ3n) is 7.88. The first kappa shape index (κ1) is 14.8. The molecule has 3 saturated carbocycles. The van der Waals surface area contributed by atoms with E-state index >= 15 is 0 Å². The van der Waals surface area contributed by atoms with E-state index in [2.05, 4.69) is 18.9 Å². The van der Waals surface area contributed by atoms with Crippen LogP contribution in [-0.4, -0.2) is 16.7 Å². The van der Waals surface area contributed by atoms with Gasteiger partial charge in [0.1, 0.15) is 5.60 Å². The quantitative estimate of drug-likeness (QED) is 0.533. The molecule has 0 amide bonds. The fraction of sp³-hybridized carbons (Fsp3) is 0.800. The Morgan fingerprint density at radius 2 is 2.00 bits per heavy atom. The third kappa shape index (κ3) is 1.82. The second-order valence-corrected chi connectivity index (χ2v) is 8.56. The second-order valence-electron chi connectivity index (χ2n) is 8.56. The number of hydrogen-bond acceptors (Lipinski definition) is 2. The summed E-state index contributed by atoms with van der Waals surface area (Å²) >= 11 is 0. The van der Waals surface area contributed by atoms with Crippen LogP contribution in [0.5, 0.6) is 0 Å². The lowest BCUT2D eigenvalue weighted by Crippen LogP contribution is -2.52. The predicted octanol–water partition coefficient (Wildman–Crippen LogP) is 3.25. The lowest BCUT2D eigenvalue weighted by Gasteiger charge is -2.55. The normalized spacial score (nSPS) is 53.7. The highest BCUT2D eigenvalue weighted by Gasteiger charge is 2.61. The predicted molar refractivity (Wildman–Crippen MR) is 88.8 cm³/mol. The van der Waals surface area contributed by atoms with Crippen molar-refractivity contribution in [1.29, 1.82) is 0 Å². The summed E-state index contributed by atoms with van der Waals surface area (Å²) < 4.78 is 0. The molecule has 0 aromatic carbocycles. The lowest BCUT2D eigenvalue weighted by atomic mass is 9.50. The molecule has 0 bridgehead atoms. The Bertz CT molecular complexity index is 546. The Kier molecular flexibility index (Phi) is 3.26. The molecule has 0 aliphatic heterocycles. The van der Waals surface area contributed by atoms with Crippen LogP contribution in [-0.2, 0) is 0 Å². The van der Waals surface area contributed by atoms with Crippen molar-refractivity contribution in [3.8, 4) is 12.3 Å². The van der Waals surface area contributed by atoms with Crippen LogP contribution < -0.4 is 5.73 Å². The molecule has 0 radical (unpaired) electrons. The second kappa shape index (κ2) is 4.86. The molecule has 4 aliphatic rings. The molecule has 3 N–H and O–H groups in total. The van der Waals surface area contributed by atoms with Gasteiger partial charge in [-0.3, -0.25) is 0 Å². The van der Waals surface area contributed by atoms with E-state index in [4.69, 9.17) is 12.2 Å². The summed E-state index contributed by atoms with van der Waals surface area (Å²) in [5.41, 5.74) is 6.86. The SMILES string of the molecule is C#C[C@]1(O)CCC2C3CCC4=CC(N)CCC4C3CC[C@@]21C. The van der Waals surface area contributed by atoms with Gasteiger partial charge in [0.15, 0.2) is 0 Å². The molecule has 0 saturated heterocycles. The minimum atomic E-state index is -0.867. The van der Waals surface area contributed by atoms with Gasteiger partial charge in [-0.15, -0.1) is 6.42 Å². The number of rotatable bonds is 0. The molecule has 4 rings (SSSR count). The Balaban J connectivity index is 1.64. The van der Waals surface area contributed by atoms with E-state index < -0.39 is 5.60 Å². The molecule has 2 heteroatoms. The van der Waals surface area contributed by atoms with Gasteiger partial charge in [0.25, 0.3) is 0 Å². The maximum absolute atomic E-state index is 10.9. The van der Waals surface area contributed by atoms with Crippen LogP contribution in [0.2, 0.25) is 0 Å². The van der Waals surface area contributed by atoms with Crippen molar-refractivity contribution in [3.63, 3.8) is 0 Å². The summed E-state index contributed by atoms with van der Waals surface area (Å²) in [7, 11) is 0.